The fraction of sp³-hybridized carbons (Fsp3) is 0.438. The van der Waals surface area contributed by atoms with Crippen LogP contribution in [0, 0.1) is 6.92 Å². The quantitative estimate of drug-likeness (QED) is 0.842. The van der Waals surface area contributed by atoms with Crippen LogP contribution in [0.3, 0.4) is 0 Å². The van der Waals surface area contributed by atoms with Gasteiger partial charge in [0.1, 0.15) is 6.54 Å². The van der Waals surface area contributed by atoms with Gasteiger partial charge in [-0.15, -0.1) is 0 Å². The third-order valence-corrected chi connectivity index (χ3v) is 3.66. The van der Waals surface area contributed by atoms with Crippen LogP contribution < -0.4 is 10.3 Å². The van der Waals surface area contributed by atoms with Crippen molar-refractivity contribution in [1.29, 1.82) is 0 Å². The highest BCUT2D eigenvalue weighted by molar-refractivity contribution is 5.79. The van der Waals surface area contributed by atoms with E-state index in [1.807, 2.05) is 31.2 Å². The monoisotopic (exact) mass is 259 g/mol. The molecule has 0 saturated heterocycles. The van der Waals surface area contributed by atoms with Crippen LogP contribution in [0.5, 0.6) is 0 Å². The number of H-pyrrole nitrogens is 1. The van der Waals surface area contributed by atoms with Crippen molar-refractivity contribution in [2.45, 2.75) is 33.2 Å². The van der Waals surface area contributed by atoms with E-state index in [2.05, 4.69) is 19.0 Å². The molecule has 3 nitrogen and oxygen atoms in total. The topological polar surface area (TPSA) is 37.3 Å². The van der Waals surface area contributed by atoms with Crippen molar-refractivity contribution in [3.63, 3.8) is 0 Å². The van der Waals surface area contributed by atoms with Crippen LogP contribution >= 0.6 is 0 Å². The van der Waals surface area contributed by atoms with E-state index in [0.29, 0.717) is 0 Å². The van der Waals surface area contributed by atoms with Crippen molar-refractivity contribution < 1.29 is 4.90 Å². The summed E-state index contributed by atoms with van der Waals surface area (Å²) in [6.45, 7) is 6.10. The van der Waals surface area contributed by atoms with Crippen LogP contribution in [0.1, 0.15) is 31.0 Å². The Balaban J connectivity index is 2.35. The van der Waals surface area contributed by atoms with E-state index in [0.717, 1.165) is 35.2 Å². The summed E-state index contributed by atoms with van der Waals surface area (Å²) in [5, 5.41) is 0.798. The van der Waals surface area contributed by atoms with Gasteiger partial charge in [0.25, 0.3) is 0 Å². The van der Waals surface area contributed by atoms with Crippen LogP contribution in [0.25, 0.3) is 10.9 Å². The average molecular weight is 259 g/mol. The van der Waals surface area contributed by atoms with Crippen LogP contribution in [0.2, 0.25) is 0 Å². The molecule has 0 spiro atoms. The largest absolute Gasteiger partial charge is 0.358 e. The van der Waals surface area contributed by atoms with Crippen molar-refractivity contribution in [2.24, 2.45) is 0 Å². The molecule has 0 aliphatic carbocycles. The van der Waals surface area contributed by atoms with Gasteiger partial charge in [-0.1, -0.05) is 25.5 Å². The molecule has 1 atom stereocenters. The molecule has 2 rings (SSSR count). The molecular formula is C16H23N2O+. The second-order valence-corrected chi connectivity index (χ2v) is 5.34. The first-order chi connectivity index (χ1) is 9.13. The van der Waals surface area contributed by atoms with Gasteiger partial charge in [0.05, 0.1) is 19.2 Å². The maximum atomic E-state index is 12.5. The van der Waals surface area contributed by atoms with Gasteiger partial charge >= 0.3 is 0 Å². The van der Waals surface area contributed by atoms with Gasteiger partial charge < -0.3 is 9.88 Å². The number of quaternary nitrogens is 1. The smallest absolute Gasteiger partial charge is 0.198 e. The number of pyridine rings is 1. The number of hydrogen-bond acceptors (Lipinski definition) is 1. The average Bonchev–Trinajstić information content (AvgIpc) is 2.41. The van der Waals surface area contributed by atoms with Gasteiger partial charge in [-0.3, -0.25) is 4.79 Å². The molecule has 2 N–H and O–H groups in total. The van der Waals surface area contributed by atoms with Crippen molar-refractivity contribution >= 4 is 10.9 Å². The van der Waals surface area contributed by atoms with Crippen LogP contribution in [-0.2, 0) is 6.54 Å². The molecule has 0 amide bonds. The van der Waals surface area contributed by atoms with Crippen LogP contribution in [0.4, 0.5) is 0 Å². The predicted octanol–water partition coefficient (Wildman–Crippen LogP) is 1.65. The summed E-state index contributed by atoms with van der Waals surface area (Å²) in [7, 11) is 2.16. The van der Waals surface area contributed by atoms with E-state index in [-0.39, 0.29) is 5.43 Å². The van der Waals surface area contributed by atoms with Crippen molar-refractivity contribution in [1.82, 2.24) is 4.98 Å². The third-order valence-electron chi connectivity index (χ3n) is 3.66. The van der Waals surface area contributed by atoms with E-state index >= 15 is 0 Å². The lowest BCUT2D eigenvalue weighted by atomic mass is 10.1. The Morgan fingerprint density at radius 3 is 2.74 bits per heavy atom. The minimum Gasteiger partial charge on any atom is -0.358 e. The molecule has 19 heavy (non-hydrogen) atoms. The number of hydrogen-bond donors (Lipinski definition) is 2. The Morgan fingerprint density at radius 1 is 1.26 bits per heavy atom. The molecule has 0 aliphatic rings. The molecule has 0 radical (unpaired) electrons. The second kappa shape index (κ2) is 6.02. The molecular weight excluding hydrogens is 236 g/mol. The molecule has 1 aromatic heterocycles. The fourth-order valence-electron chi connectivity index (χ4n) is 2.48. The van der Waals surface area contributed by atoms with Crippen LogP contribution in [-0.4, -0.2) is 18.6 Å². The van der Waals surface area contributed by atoms with Crippen LogP contribution in [0.15, 0.2) is 29.1 Å². The van der Waals surface area contributed by atoms with E-state index in [1.165, 1.54) is 17.7 Å². The minimum absolute atomic E-state index is 0.183. The van der Waals surface area contributed by atoms with Gasteiger partial charge in [-0.05, 0) is 25.5 Å². The minimum atomic E-state index is 0.183. The predicted molar refractivity (Wildman–Crippen MR) is 79.7 cm³/mol. The standard InChI is InChI=1S/C16H22N2O/c1-4-5-10-18(3)11-14-12(2)17-15-9-7-6-8-13(15)16(14)19/h6-9H,4-5,10-11H2,1-3H3,(H,17,19)/p+1. The molecule has 0 bridgehead atoms. The summed E-state index contributed by atoms with van der Waals surface area (Å²) in [5.41, 5.74) is 3.04. The molecule has 2 aromatic rings. The summed E-state index contributed by atoms with van der Waals surface area (Å²) >= 11 is 0. The van der Waals surface area contributed by atoms with E-state index < -0.39 is 0 Å². The molecule has 0 fully saturated rings. The third kappa shape index (κ3) is 3.04. The first-order valence-electron chi connectivity index (χ1n) is 7.05. The van der Waals surface area contributed by atoms with E-state index in [1.54, 1.807) is 0 Å². The molecule has 1 unspecified atom stereocenters. The lowest BCUT2D eigenvalue weighted by Crippen LogP contribution is -3.07. The van der Waals surface area contributed by atoms with Gasteiger partial charge in [-0.2, -0.15) is 0 Å². The number of rotatable bonds is 5. The van der Waals surface area contributed by atoms with Gasteiger partial charge in [0, 0.05) is 16.6 Å². The normalized spacial score (nSPS) is 12.8. The molecule has 0 aliphatic heterocycles. The molecule has 1 aromatic carbocycles. The summed E-state index contributed by atoms with van der Waals surface area (Å²) in [4.78, 5) is 17.3. The highest BCUT2D eigenvalue weighted by atomic mass is 16.1. The number of aromatic nitrogens is 1. The Labute approximate surface area is 114 Å². The summed E-state index contributed by atoms with van der Waals surface area (Å²) in [5.74, 6) is 0. The van der Waals surface area contributed by atoms with Gasteiger partial charge in [0.15, 0.2) is 5.43 Å². The number of unbranched alkanes of at least 4 members (excludes halogenated alkanes) is 1. The zero-order valence-electron chi connectivity index (χ0n) is 12.0. The Hall–Kier alpha value is -1.61. The Morgan fingerprint density at radius 2 is 2.00 bits per heavy atom. The molecule has 102 valence electrons. The summed E-state index contributed by atoms with van der Waals surface area (Å²) < 4.78 is 0. The molecule has 1 heterocycles. The van der Waals surface area contributed by atoms with E-state index in [4.69, 9.17) is 0 Å². The lowest BCUT2D eigenvalue weighted by Gasteiger charge is -2.15. The van der Waals surface area contributed by atoms with Gasteiger partial charge in [-0.25, -0.2) is 0 Å². The maximum absolute atomic E-state index is 12.5. The SMILES string of the molecule is CCCC[NH+](C)Cc1c(C)[nH]c2ccccc2c1=O. The van der Waals surface area contributed by atoms with Crippen molar-refractivity contribution in [2.75, 3.05) is 13.6 Å². The fourth-order valence-corrected chi connectivity index (χ4v) is 2.48. The Bertz CT molecular complexity index is 616. The zero-order chi connectivity index (χ0) is 13.8. The summed E-state index contributed by atoms with van der Waals surface area (Å²) in [6.07, 6.45) is 2.40. The first kappa shape index (κ1) is 13.8. The summed E-state index contributed by atoms with van der Waals surface area (Å²) in [6, 6.07) is 7.74. The molecule has 3 heteroatoms. The Kier molecular flexibility index (Phi) is 4.38. The number of benzene rings is 1. The number of fused-ring (bicyclic) bond motifs is 1. The van der Waals surface area contributed by atoms with Crippen molar-refractivity contribution in [3.05, 3.63) is 45.7 Å². The molecule has 0 saturated carbocycles. The number of nitrogens with one attached hydrogen (secondary N) is 2. The highest BCUT2D eigenvalue weighted by Crippen LogP contribution is 2.09. The number of aromatic amines is 1. The van der Waals surface area contributed by atoms with E-state index in [9.17, 15) is 4.79 Å². The van der Waals surface area contributed by atoms with Gasteiger partial charge in [0.2, 0.25) is 0 Å². The zero-order valence-corrected chi connectivity index (χ0v) is 12.0. The highest BCUT2D eigenvalue weighted by Gasteiger charge is 2.13. The number of aryl methyl sites for hydroxylation is 1. The first-order valence-corrected chi connectivity index (χ1v) is 7.05. The number of para-hydroxylation sites is 1. The van der Waals surface area contributed by atoms with Crippen molar-refractivity contribution in [3.8, 4) is 0 Å². The maximum Gasteiger partial charge on any atom is 0.198 e. The second-order valence-electron chi connectivity index (χ2n) is 5.34. The lowest BCUT2D eigenvalue weighted by molar-refractivity contribution is -0.894.